The molecule has 0 aliphatic heterocycles. The molecule has 1 aromatic rings. The van der Waals surface area contributed by atoms with Gasteiger partial charge in [-0.15, -0.1) is 0 Å². The van der Waals surface area contributed by atoms with E-state index >= 15 is 0 Å². The molecule has 0 spiro atoms. The Morgan fingerprint density at radius 3 is 2.83 bits per heavy atom. The normalized spacial score (nSPS) is 19.0. The monoisotopic (exact) mass is 250 g/mol. The number of hydrazine groups is 1. The number of aromatic nitrogens is 2. The molecule has 2 rings (SSSR count). The molecule has 1 saturated carbocycles. The molecule has 1 heterocycles. The predicted octanol–water partition coefficient (Wildman–Crippen LogP) is 2.15. The van der Waals surface area contributed by atoms with Crippen LogP contribution in [0.3, 0.4) is 0 Å². The second-order valence-electron chi connectivity index (χ2n) is 5.63. The van der Waals surface area contributed by atoms with Gasteiger partial charge in [-0.3, -0.25) is 16.0 Å². The molecule has 0 amide bonds. The molecular formula is C14H26N4. The van der Waals surface area contributed by atoms with E-state index in [0.717, 1.165) is 24.5 Å². The number of rotatable bonds is 6. The lowest BCUT2D eigenvalue weighted by molar-refractivity contribution is 0.312. The van der Waals surface area contributed by atoms with Crippen molar-refractivity contribution >= 4 is 0 Å². The molecule has 4 heteroatoms. The predicted molar refractivity (Wildman–Crippen MR) is 73.8 cm³/mol. The molecule has 1 atom stereocenters. The van der Waals surface area contributed by atoms with Crippen molar-refractivity contribution in [2.75, 3.05) is 0 Å². The standard InChI is InChI=1S/C14H26N4/c1-18-10-9-14(17-18)11-13(16-15)8-7-12-5-3-2-4-6-12/h9-10,12-13,16H,2-8,11,15H2,1H3. The number of nitrogens with one attached hydrogen (secondary N) is 1. The van der Waals surface area contributed by atoms with Crippen molar-refractivity contribution in [1.82, 2.24) is 15.2 Å². The third kappa shape index (κ3) is 4.10. The summed E-state index contributed by atoms with van der Waals surface area (Å²) in [5.41, 5.74) is 4.08. The molecule has 0 saturated heterocycles. The van der Waals surface area contributed by atoms with E-state index in [4.69, 9.17) is 5.84 Å². The van der Waals surface area contributed by atoms with Gasteiger partial charge in [0.15, 0.2) is 0 Å². The van der Waals surface area contributed by atoms with Crippen LogP contribution in [0.1, 0.15) is 50.6 Å². The van der Waals surface area contributed by atoms with Crippen molar-refractivity contribution in [3.05, 3.63) is 18.0 Å². The molecule has 4 nitrogen and oxygen atoms in total. The summed E-state index contributed by atoms with van der Waals surface area (Å²) in [6, 6.07) is 2.44. The molecule has 0 aromatic carbocycles. The van der Waals surface area contributed by atoms with Gasteiger partial charge in [-0.1, -0.05) is 32.1 Å². The lowest BCUT2D eigenvalue weighted by Gasteiger charge is -2.23. The first-order valence-corrected chi connectivity index (χ1v) is 7.22. The number of hydrogen-bond donors (Lipinski definition) is 2. The molecule has 3 N–H and O–H groups in total. The Hall–Kier alpha value is -0.870. The minimum absolute atomic E-state index is 0.363. The molecule has 1 aromatic heterocycles. The highest BCUT2D eigenvalue weighted by molar-refractivity contribution is 5.01. The van der Waals surface area contributed by atoms with Crippen LogP contribution >= 0.6 is 0 Å². The van der Waals surface area contributed by atoms with Crippen LogP contribution < -0.4 is 11.3 Å². The Bertz CT molecular complexity index is 341. The van der Waals surface area contributed by atoms with Crippen LogP contribution in [0.5, 0.6) is 0 Å². The number of nitrogens with two attached hydrogens (primary N) is 1. The highest BCUT2D eigenvalue weighted by Gasteiger charge is 2.16. The lowest BCUT2D eigenvalue weighted by Crippen LogP contribution is -2.37. The van der Waals surface area contributed by atoms with Gasteiger partial charge < -0.3 is 0 Å². The zero-order valence-electron chi connectivity index (χ0n) is 11.4. The van der Waals surface area contributed by atoms with E-state index < -0.39 is 0 Å². The highest BCUT2D eigenvalue weighted by Crippen LogP contribution is 2.27. The Morgan fingerprint density at radius 1 is 1.44 bits per heavy atom. The fourth-order valence-corrected chi connectivity index (χ4v) is 2.98. The maximum Gasteiger partial charge on any atom is 0.0640 e. The van der Waals surface area contributed by atoms with Crippen LogP contribution in [0.2, 0.25) is 0 Å². The van der Waals surface area contributed by atoms with Gasteiger partial charge in [0, 0.05) is 25.7 Å². The second kappa shape index (κ2) is 6.90. The minimum atomic E-state index is 0.363. The van der Waals surface area contributed by atoms with Gasteiger partial charge in [0.25, 0.3) is 0 Å². The van der Waals surface area contributed by atoms with Crippen molar-refractivity contribution in [3.8, 4) is 0 Å². The van der Waals surface area contributed by atoms with E-state index in [-0.39, 0.29) is 0 Å². The first-order valence-electron chi connectivity index (χ1n) is 7.22. The van der Waals surface area contributed by atoms with Crippen molar-refractivity contribution in [3.63, 3.8) is 0 Å². The van der Waals surface area contributed by atoms with Crippen molar-refractivity contribution in [2.45, 2.75) is 57.4 Å². The zero-order valence-corrected chi connectivity index (χ0v) is 11.4. The Morgan fingerprint density at radius 2 is 2.22 bits per heavy atom. The van der Waals surface area contributed by atoms with Gasteiger partial charge in [0.05, 0.1) is 5.69 Å². The topological polar surface area (TPSA) is 55.9 Å². The molecule has 102 valence electrons. The highest BCUT2D eigenvalue weighted by atomic mass is 15.3. The largest absolute Gasteiger partial charge is 0.276 e. The zero-order chi connectivity index (χ0) is 12.8. The maximum absolute atomic E-state index is 5.66. The van der Waals surface area contributed by atoms with Crippen LogP contribution in [0.15, 0.2) is 12.3 Å². The summed E-state index contributed by atoms with van der Waals surface area (Å²) < 4.78 is 1.85. The summed E-state index contributed by atoms with van der Waals surface area (Å²) in [7, 11) is 1.95. The molecule has 18 heavy (non-hydrogen) atoms. The van der Waals surface area contributed by atoms with E-state index in [0.29, 0.717) is 6.04 Å². The molecule has 1 aliphatic rings. The Labute approximate surface area is 110 Å². The quantitative estimate of drug-likeness (QED) is 0.601. The molecule has 0 bridgehead atoms. The van der Waals surface area contributed by atoms with Crippen LogP contribution in [0.4, 0.5) is 0 Å². The van der Waals surface area contributed by atoms with Gasteiger partial charge in [-0.25, -0.2) is 0 Å². The minimum Gasteiger partial charge on any atom is -0.276 e. The third-order valence-electron chi connectivity index (χ3n) is 4.11. The first-order chi connectivity index (χ1) is 8.78. The van der Waals surface area contributed by atoms with Crippen molar-refractivity contribution in [1.29, 1.82) is 0 Å². The van der Waals surface area contributed by atoms with Gasteiger partial charge in [0.2, 0.25) is 0 Å². The number of hydrogen-bond acceptors (Lipinski definition) is 3. The maximum atomic E-state index is 5.66. The van der Waals surface area contributed by atoms with E-state index in [1.54, 1.807) is 0 Å². The van der Waals surface area contributed by atoms with Crippen LogP contribution in [-0.2, 0) is 13.5 Å². The molecule has 1 aliphatic carbocycles. The Balaban J connectivity index is 1.74. The van der Waals surface area contributed by atoms with Gasteiger partial charge >= 0.3 is 0 Å². The molecule has 0 radical (unpaired) electrons. The van der Waals surface area contributed by atoms with Gasteiger partial charge in [-0.05, 0) is 24.8 Å². The summed E-state index contributed by atoms with van der Waals surface area (Å²) >= 11 is 0. The molecule has 1 fully saturated rings. The van der Waals surface area contributed by atoms with E-state index in [1.165, 1.54) is 38.5 Å². The molecular weight excluding hydrogens is 224 g/mol. The average molecular weight is 250 g/mol. The summed E-state index contributed by atoms with van der Waals surface area (Å²) in [5, 5.41) is 4.41. The summed E-state index contributed by atoms with van der Waals surface area (Å²) in [6.07, 6.45) is 12.5. The Kier molecular flexibility index (Phi) is 5.20. The first kappa shape index (κ1) is 13.6. The van der Waals surface area contributed by atoms with Gasteiger partial charge in [0.1, 0.15) is 0 Å². The number of nitrogens with zero attached hydrogens (tertiary/aromatic N) is 2. The SMILES string of the molecule is Cn1ccc(CC(CCC2CCCCC2)NN)n1. The fraction of sp³-hybridized carbons (Fsp3) is 0.786. The lowest BCUT2D eigenvalue weighted by atomic mass is 9.85. The van der Waals surface area contributed by atoms with Gasteiger partial charge in [-0.2, -0.15) is 5.10 Å². The fourth-order valence-electron chi connectivity index (χ4n) is 2.98. The molecule has 1 unspecified atom stereocenters. The van der Waals surface area contributed by atoms with E-state index in [2.05, 4.69) is 16.6 Å². The smallest absolute Gasteiger partial charge is 0.0640 e. The van der Waals surface area contributed by atoms with Crippen LogP contribution in [0.25, 0.3) is 0 Å². The third-order valence-corrected chi connectivity index (χ3v) is 4.11. The van der Waals surface area contributed by atoms with Crippen LogP contribution in [-0.4, -0.2) is 15.8 Å². The number of aryl methyl sites for hydroxylation is 1. The van der Waals surface area contributed by atoms with E-state index in [1.807, 2.05) is 17.9 Å². The summed E-state index contributed by atoms with van der Waals surface area (Å²) in [4.78, 5) is 0. The second-order valence-corrected chi connectivity index (χ2v) is 5.63. The van der Waals surface area contributed by atoms with Crippen molar-refractivity contribution in [2.24, 2.45) is 18.8 Å². The summed E-state index contributed by atoms with van der Waals surface area (Å²) in [5.74, 6) is 6.59. The van der Waals surface area contributed by atoms with Crippen LogP contribution in [0, 0.1) is 5.92 Å². The van der Waals surface area contributed by atoms with Crippen molar-refractivity contribution < 1.29 is 0 Å². The summed E-state index contributed by atoms with van der Waals surface area (Å²) in [6.45, 7) is 0. The van der Waals surface area contributed by atoms with E-state index in [9.17, 15) is 0 Å². The average Bonchev–Trinajstić information content (AvgIpc) is 2.81.